The van der Waals surface area contributed by atoms with Gasteiger partial charge in [0.05, 0.1) is 22.1 Å². The van der Waals surface area contributed by atoms with E-state index in [1.807, 2.05) is 0 Å². The van der Waals surface area contributed by atoms with Crippen molar-refractivity contribution < 1.29 is 13.2 Å². The van der Waals surface area contributed by atoms with Crippen LogP contribution in [-0.2, 0) is 21.4 Å². The van der Waals surface area contributed by atoms with E-state index >= 15 is 0 Å². The zero-order chi connectivity index (χ0) is 21.2. The largest absolute Gasteiger partial charge is 0.325 e. The van der Waals surface area contributed by atoms with Gasteiger partial charge in [-0.15, -0.1) is 0 Å². The molecule has 3 aromatic rings. The first-order chi connectivity index (χ1) is 13.5. The summed E-state index contributed by atoms with van der Waals surface area (Å²) < 4.78 is 28.4. The second-order valence-corrected chi connectivity index (χ2v) is 9.31. The molecule has 1 aromatic heterocycles. The molecule has 1 amide bonds. The highest BCUT2D eigenvalue weighted by atomic mass is 32.2. The summed E-state index contributed by atoms with van der Waals surface area (Å²) in [5.74, 6) is -0.424. The molecule has 152 valence electrons. The molecule has 0 atom stereocenters. The molecule has 3 rings (SSSR count). The van der Waals surface area contributed by atoms with Crippen LogP contribution in [0, 0.1) is 0 Å². The Morgan fingerprint density at radius 2 is 1.72 bits per heavy atom. The van der Waals surface area contributed by atoms with Gasteiger partial charge in [0.25, 0.3) is 5.56 Å². The van der Waals surface area contributed by atoms with Gasteiger partial charge in [-0.3, -0.25) is 14.2 Å². The van der Waals surface area contributed by atoms with Crippen LogP contribution in [0.1, 0.15) is 20.8 Å². The van der Waals surface area contributed by atoms with Crippen molar-refractivity contribution in [3.8, 4) is 0 Å². The summed E-state index contributed by atoms with van der Waals surface area (Å²) in [6.45, 7) is 5.05. The third-order valence-electron chi connectivity index (χ3n) is 3.93. The molecule has 0 radical (unpaired) electrons. The topological polar surface area (TPSA) is 110 Å². The molecule has 8 nitrogen and oxygen atoms in total. The summed E-state index contributed by atoms with van der Waals surface area (Å²) in [4.78, 5) is 29.0. The Hall–Kier alpha value is -3.04. The minimum atomic E-state index is -3.65. The van der Waals surface area contributed by atoms with Crippen LogP contribution in [0.15, 0.2) is 64.5 Å². The first-order valence-corrected chi connectivity index (χ1v) is 10.4. The van der Waals surface area contributed by atoms with E-state index in [0.717, 1.165) is 0 Å². The fourth-order valence-electron chi connectivity index (χ4n) is 2.75. The number of anilines is 1. The molecule has 29 heavy (non-hydrogen) atoms. The van der Waals surface area contributed by atoms with Crippen LogP contribution in [0.4, 0.5) is 5.69 Å². The number of aromatic nitrogens is 2. The van der Waals surface area contributed by atoms with E-state index in [1.165, 1.54) is 35.2 Å². The van der Waals surface area contributed by atoms with E-state index in [1.54, 1.807) is 45.0 Å². The summed E-state index contributed by atoms with van der Waals surface area (Å²) in [5.41, 5.74) is 0.0779. The molecule has 0 saturated carbocycles. The first-order valence-electron chi connectivity index (χ1n) is 8.93. The van der Waals surface area contributed by atoms with Crippen LogP contribution in [0.5, 0.6) is 0 Å². The minimum Gasteiger partial charge on any atom is -0.325 e. The molecule has 0 unspecified atom stereocenters. The lowest BCUT2D eigenvalue weighted by Crippen LogP contribution is -2.40. The smallest absolute Gasteiger partial charge is 0.261 e. The van der Waals surface area contributed by atoms with Gasteiger partial charge in [0.1, 0.15) is 6.54 Å². The van der Waals surface area contributed by atoms with Crippen molar-refractivity contribution in [1.82, 2.24) is 14.3 Å². The Balaban J connectivity index is 1.72. The van der Waals surface area contributed by atoms with E-state index in [0.29, 0.717) is 16.6 Å². The highest BCUT2D eigenvalue weighted by molar-refractivity contribution is 7.89. The van der Waals surface area contributed by atoms with Crippen molar-refractivity contribution in [2.24, 2.45) is 0 Å². The molecule has 0 aliphatic heterocycles. The number of sulfonamides is 1. The van der Waals surface area contributed by atoms with Gasteiger partial charge < -0.3 is 5.32 Å². The molecule has 0 fully saturated rings. The lowest BCUT2D eigenvalue weighted by molar-refractivity contribution is -0.116. The van der Waals surface area contributed by atoms with Gasteiger partial charge >= 0.3 is 0 Å². The SMILES string of the molecule is CC(C)(C)NS(=O)(=O)c1ccc(NC(=O)Cn2cnc3ccccc3c2=O)cc1. The number of nitrogens with one attached hydrogen (secondary N) is 2. The van der Waals surface area contributed by atoms with Crippen molar-refractivity contribution in [2.75, 3.05) is 5.32 Å². The van der Waals surface area contributed by atoms with E-state index in [4.69, 9.17) is 0 Å². The van der Waals surface area contributed by atoms with E-state index in [-0.39, 0.29) is 17.0 Å². The van der Waals surface area contributed by atoms with Gasteiger partial charge in [0, 0.05) is 11.2 Å². The number of fused-ring (bicyclic) bond motifs is 1. The number of nitrogens with zero attached hydrogens (tertiary/aromatic N) is 2. The van der Waals surface area contributed by atoms with Crippen LogP contribution in [-0.4, -0.2) is 29.4 Å². The molecule has 2 N–H and O–H groups in total. The Bertz CT molecular complexity index is 1210. The summed E-state index contributed by atoms with van der Waals surface area (Å²) in [7, 11) is -3.65. The quantitative estimate of drug-likeness (QED) is 0.664. The van der Waals surface area contributed by atoms with Crippen molar-refractivity contribution in [3.05, 3.63) is 65.2 Å². The molecule has 2 aromatic carbocycles. The maximum atomic E-state index is 12.5. The molecule has 0 spiro atoms. The Morgan fingerprint density at radius 1 is 1.07 bits per heavy atom. The Morgan fingerprint density at radius 3 is 2.38 bits per heavy atom. The number of hydrogen-bond donors (Lipinski definition) is 2. The van der Waals surface area contributed by atoms with Gasteiger partial charge in [-0.25, -0.2) is 18.1 Å². The number of carbonyl (C=O) groups excluding carboxylic acids is 1. The van der Waals surface area contributed by atoms with Gasteiger partial charge in [-0.05, 0) is 57.2 Å². The standard InChI is InChI=1S/C20H22N4O4S/c1-20(2,3)23-29(27,28)15-10-8-14(9-11-15)22-18(25)12-24-13-21-17-7-5-4-6-16(17)19(24)26/h4-11,13,23H,12H2,1-3H3,(H,22,25). The van der Waals surface area contributed by atoms with Crippen LogP contribution in [0.3, 0.4) is 0 Å². The molecular weight excluding hydrogens is 392 g/mol. The van der Waals surface area contributed by atoms with Gasteiger partial charge in [-0.2, -0.15) is 0 Å². The van der Waals surface area contributed by atoms with Crippen LogP contribution < -0.4 is 15.6 Å². The molecule has 0 bridgehead atoms. The average Bonchev–Trinajstić information content (AvgIpc) is 2.63. The molecule has 0 aliphatic rings. The predicted octanol–water partition coefficient (Wildman–Crippen LogP) is 2.11. The van der Waals surface area contributed by atoms with Crippen LogP contribution >= 0.6 is 0 Å². The molecule has 1 heterocycles. The first kappa shape index (κ1) is 20.7. The van der Waals surface area contributed by atoms with E-state index in [9.17, 15) is 18.0 Å². The van der Waals surface area contributed by atoms with Crippen molar-refractivity contribution in [3.63, 3.8) is 0 Å². The van der Waals surface area contributed by atoms with E-state index in [2.05, 4.69) is 15.0 Å². The number of carbonyl (C=O) groups is 1. The van der Waals surface area contributed by atoms with Gasteiger partial charge in [0.2, 0.25) is 15.9 Å². The maximum Gasteiger partial charge on any atom is 0.261 e. The number of amides is 1. The maximum absolute atomic E-state index is 12.5. The van der Waals surface area contributed by atoms with Crippen molar-refractivity contribution >= 4 is 32.5 Å². The van der Waals surface area contributed by atoms with Crippen molar-refractivity contribution in [1.29, 1.82) is 0 Å². The highest BCUT2D eigenvalue weighted by Crippen LogP contribution is 2.16. The number of para-hydroxylation sites is 1. The minimum absolute atomic E-state index is 0.0976. The van der Waals surface area contributed by atoms with E-state index < -0.39 is 21.5 Å². The zero-order valence-electron chi connectivity index (χ0n) is 16.3. The second-order valence-electron chi connectivity index (χ2n) is 7.62. The molecular formula is C20H22N4O4S. The molecule has 9 heteroatoms. The zero-order valence-corrected chi connectivity index (χ0v) is 17.2. The monoisotopic (exact) mass is 414 g/mol. The van der Waals surface area contributed by atoms with Crippen LogP contribution in [0.2, 0.25) is 0 Å². The van der Waals surface area contributed by atoms with Gasteiger partial charge in [-0.1, -0.05) is 12.1 Å². The number of benzene rings is 2. The lowest BCUT2D eigenvalue weighted by atomic mass is 10.1. The Kier molecular flexibility index (Phi) is 5.54. The van der Waals surface area contributed by atoms with Crippen molar-refractivity contribution in [2.45, 2.75) is 37.8 Å². The molecule has 0 aliphatic carbocycles. The highest BCUT2D eigenvalue weighted by Gasteiger charge is 2.21. The third-order valence-corrected chi connectivity index (χ3v) is 5.71. The second kappa shape index (κ2) is 7.76. The fraction of sp³-hybridized carbons (Fsp3) is 0.250. The average molecular weight is 414 g/mol. The summed E-state index contributed by atoms with van der Waals surface area (Å²) >= 11 is 0. The predicted molar refractivity (Wildman–Crippen MR) is 111 cm³/mol. The number of rotatable bonds is 5. The summed E-state index contributed by atoms with van der Waals surface area (Å²) in [6.07, 6.45) is 1.33. The Labute approximate surface area is 168 Å². The molecule has 0 saturated heterocycles. The van der Waals surface area contributed by atoms with Crippen LogP contribution in [0.25, 0.3) is 10.9 Å². The lowest BCUT2D eigenvalue weighted by Gasteiger charge is -2.20. The fourth-order valence-corrected chi connectivity index (χ4v) is 4.17. The van der Waals surface area contributed by atoms with Gasteiger partial charge in [0.15, 0.2) is 0 Å². The third kappa shape index (κ3) is 5.07. The number of hydrogen-bond acceptors (Lipinski definition) is 5. The summed E-state index contributed by atoms with van der Waals surface area (Å²) in [6, 6.07) is 12.7. The normalized spacial score (nSPS) is 12.1. The summed E-state index contributed by atoms with van der Waals surface area (Å²) in [5, 5.41) is 3.08.